The predicted molar refractivity (Wildman–Crippen MR) is 129 cm³/mol. The summed E-state index contributed by atoms with van der Waals surface area (Å²) in [6, 6.07) is 14.6. The molecule has 3 heterocycles. The van der Waals surface area contributed by atoms with Gasteiger partial charge < -0.3 is 19.3 Å². The Labute approximate surface area is 202 Å². The van der Waals surface area contributed by atoms with Crippen molar-refractivity contribution in [2.24, 2.45) is 0 Å². The summed E-state index contributed by atoms with van der Waals surface area (Å²) in [7, 11) is 1.58. The van der Waals surface area contributed by atoms with E-state index >= 15 is 0 Å². The first kappa shape index (κ1) is 22.6. The zero-order chi connectivity index (χ0) is 24.5. The van der Waals surface area contributed by atoms with Crippen LogP contribution in [-0.4, -0.2) is 54.4 Å². The Bertz CT molecular complexity index is 1280. The lowest BCUT2D eigenvalue weighted by Gasteiger charge is -2.28. The molecule has 0 N–H and O–H groups in total. The average molecular weight is 475 g/mol. The minimum atomic E-state index is -0.545. The summed E-state index contributed by atoms with van der Waals surface area (Å²) in [4.78, 5) is 41.9. The standard InChI is InChI=1S/C26H26N4O5/c1-3-35-26(33)23-21-14-16-29(18-8-6-17(7-9-18)28-15-4-5-22(28)31)25(32)24(21)30(27-23)19-10-12-20(34-2)13-11-19/h6-13H,3-5,14-16H2,1-2H3. The van der Waals surface area contributed by atoms with Crippen LogP contribution in [0, 0.1) is 0 Å². The van der Waals surface area contributed by atoms with E-state index < -0.39 is 5.97 Å². The monoisotopic (exact) mass is 474 g/mol. The van der Waals surface area contributed by atoms with Crippen LogP contribution < -0.4 is 14.5 Å². The highest BCUT2D eigenvalue weighted by Gasteiger charge is 2.35. The van der Waals surface area contributed by atoms with Gasteiger partial charge in [-0.1, -0.05) is 0 Å². The van der Waals surface area contributed by atoms with Gasteiger partial charge >= 0.3 is 5.97 Å². The summed E-state index contributed by atoms with van der Waals surface area (Å²) in [6.07, 6.45) is 1.87. The van der Waals surface area contributed by atoms with E-state index in [1.807, 2.05) is 24.3 Å². The van der Waals surface area contributed by atoms with Crippen molar-refractivity contribution in [3.8, 4) is 11.4 Å². The van der Waals surface area contributed by atoms with Crippen molar-refractivity contribution >= 4 is 29.2 Å². The molecule has 9 nitrogen and oxygen atoms in total. The summed E-state index contributed by atoms with van der Waals surface area (Å²) in [5, 5.41) is 4.50. The molecule has 9 heteroatoms. The van der Waals surface area contributed by atoms with Gasteiger partial charge in [0.1, 0.15) is 11.4 Å². The summed E-state index contributed by atoms with van der Waals surface area (Å²) in [6.45, 7) is 3.06. The highest BCUT2D eigenvalue weighted by Crippen LogP contribution is 2.31. The van der Waals surface area contributed by atoms with Gasteiger partial charge in [0.25, 0.3) is 5.91 Å². The molecule has 1 aromatic heterocycles. The Kier molecular flexibility index (Phi) is 5.98. The van der Waals surface area contributed by atoms with Gasteiger partial charge in [-0.25, -0.2) is 9.48 Å². The first-order chi connectivity index (χ1) is 17.0. The molecule has 2 aromatic carbocycles. The van der Waals surface area contributed by atoms with E-state index in [-0.39, 0.29) is 24.1 Å². The van der Waals surface area contributed by atoms with E-state index in [0.717, 1.165) is 17.8 Å². The quantitative estimate of drug-likeness (QED) is 0.509. The van der Waals surface area contributed by atoms with E-state index in [2.05, 4.69) is 5.10 Å². The van der Waals surface area contributed by atoms with Gasteiger partial charge in [0.15, 0.2) is 5.69 Å². The fraction of sp³-hybridized carbons (Fsp3) is 0.308. The average Bonchev–Trinajstić information content (AvgIpc) is 3.49. The molecule has 0 radical (unpaired) electrons. The maximum Gasteiger partial charge on any atom is 0.359 e. The number of benzene rings is 2. The number of carbonyl (C=O) groups excluding carboxylic acids is 3. The maximum absolute atomic E-state index is 13.7. The van der Waals surface area contributed by atoms with Crippen LogP contribution in [-0.2, 0) is 16.0 Å². The number of methoxy groups -OCH3 is 1. The number of hydrogen-bond donors (Lipinski definition) is 0. The molecule has 0 saturated carbocycles. The topological polar surface area (TPSA) is 94.0 Å². The van der Waals surface area contributed by atoms with Gasteiger partial charge in [-0.05, 0) is 68.3 Å². The van der Waals surface area contributed by atoms with Crippen LogP contribution in [0.25, 0.3) is 5.69 Å². The molecule has 3 aromatic rings. The number of carbonyl (C=O) groups is 3. The van der Waals surface area contributed by atoms with Crippen molar-refractivity contribution in [3.05, 3.63) is 65.5 Å². The number of amides is 2. The van der Waals surface area contributed by atoms with Crippen LogP contribution >= 0.6 is 0 Å². The Morgan fingerprint density at radius 1 is 0.914 bits per heavy atom. The first-order valence-corrected chi connectivity index (χ1v) is 11.7. The van der Waals surface area contributed by atoms with E-state index in [0.29, 0.717) is 48.6 Å². The Morgan fingerprint density at radius 3 is 2.17 bits per heavy atom. The van der Waals surface area contributed by atoms with Crippen LogP contribution in [0.2, 0.25) is 0 Å². The summed E-state index contributed by atoms with van der Waals surface area (Å²) < 4.78 is 12.0. The lowest BCUT2D eigenvalue weighted by Crippen LogP contribution is -2.39. The molecule has 1 fully saturated rings. The van der Waals surface area contributed by atoms with Crippen molar-refractivity contribution in [1.82, 2.24) is 9.78 Å². The summed E-state index contributed by atoms with van der Waals surface area (Å²) >= 11 is 0. The van der Waals surface area contributed by atoms with Crippen LogP contribution in [0.5, 0.6) is 5.75 Å². The van der Waals surface area contributed by atoms with Crippen molar-refractivity contribution in [3.63, 3.8) is 0 Å². The van der Waals surface area contributed by atoms with Crippen molar-refractivity contribution in [1.29, 1.82) is 0 Å². The molecule has 2 aliphatic heterocycles. The van der Waals surface area contributed by atoms with Gasteiger partial charge in [-0.2, -0.15) is 5.10 Å². The first-order valence-electron chi connectivity index (χ1n) is 11.7. The van der Waals surface area contributed by atoms with Gasteiger partial charge in [0.05, 0.1) is 19.4 Å². The van der Waals surface area contributed by atoms with Crippen LogP contribution in [0.1, 0.15) is 46.3 Å². The minimum Gasteiger partial charge on any atom is -0.497 e. The fourth-order valence-electron chi connectivity index (χ4n) is 4.61. The highest BCUT2D eigenvalue weighted by atomic mass is 16.5. The summed E-state index contributed by atoms with van der Waals surface area (Å²) in [5.74, 6) is -0.0109. The molecule has 0 spiro atoms. The van der Waals surface area contributed by atoms with Crippen LogP contribution in [0.4, 0.5) is 11.4 Å². The third kappa shape index (κ3) is 4.03. The molecular weight excluding hydrogens is 448 g/mol. The fourth-order valence-corrected chi connectivity index (χ4v) is 4.61. The molecule has 180 valence electrons. The van der Waals surface area contributed by atoms with Gasteiger partial charge in [0, 0.05) is 36.4 Å². The molecule has 0 unspecified atom stereocenters. The number of nitrogens with zero attached hydrogens (tertiary/aromatic N) is 4. The number of anilines is 2. The van der Waals surface area contributed by atoms with Crippen LogP contribution in [0.15, 0.2) is 48.5 Å². The van der Waals surface area contributed by atoms with E-state index in [9.17, 15) is 14.4 Å². The van der Waals surface area contributed by atoms with Crippen molar-refractivity contribution < 1.29 is 23.9 Å². The zero-order valence-corrected chi connectivity index (χ0v) is 19.7. The number of ether oxygens (including phenoxy) is 2. The molecule has 5 rings (SSSR count). The van der Waals surface area contributed by atoms with Gasteiger partial charge in [0.2, 0.25) is 5.91 Å². The second-order valence-corrected chi connectivity index (χ2v) is 8.38. The predicted octanol–water partition coefficient (Wildman–Crippen LogP) is 3.39. The van der Waals surface area contributed by atoms with Gasteiger partial charge in [-0.15, -0.1) is 0 Å². The number of aromatic nitrogens is 2. The van der Waals surface area contributed by atoms with E-state index in [4.69, 9.17) is 9.47 Å². The Hall–Kier alpha value is -4.14. The minimum absolute atomic E-state index is 0.117. The third-order valence-electron chi connectivity index (χ3n) is 6.35. The second kappa shape index (κ2) is 9.25. The van der Waals surface area contributed by atoms with Crippen molar-refractivity contribution in [2.45, 2.75) is 26.2 Å². The summed E-state index contributed by atoms with van der Waals surface area (Å²) in [5.41, 5.74) is 3.26. The normalized spacial score (nSPS) is 15.4. The number of rotatable bonds is 6. The number of esters is 1. The molecule has 35 heavy (non-hydrogen) atoms. The lowest BCUT2D eigenvalue weighted by atomic mass is 10.0. The number of hydrogen-bond acceptors (Lipinski definition) is 6. The zero-order valence-electron chi connectivity index (χ0n) is 19.7. The third-order valence-corrected chi connectivity index (χ3v) is 6.35. The van der Waals surface area contributed by atoms with Gasteiger partial charge in [-0.3, -0.25) is 9.59 Å². The Balaban J connectivity index is 1.51. The van der Waals surface area contributed by atoms with E-state index in [1.54, 1.807) is 48.1 Å². The lowest BCUT2D eigenvalue weighted by molar-refractivity contribution is -0.117. The molecule has 2 amide bonds. The smallest absolute Gasteiger partial charge is 0.359 e. The largest absolute Gasteiger partial charge is 0.497 e. The second-order valence-electron chi connectivity index (χ2n) is 8.38. The highest BCUT2D eigenvalue weighted by molar-refractivity contribution is 6.09. The van der Waals surface area contributed by atoms with E-state index in [1.165, 1.54) is 4.68 Å². The SMILES string of the molecule is CCOC(=O)c1nn(-c2ccc(OC)cc2)c2c1CCN(c1ccc(N3CCCC3=O)cc1)C2=O. The molecule has 2 aliphatic rings. The van der Waals surface area contributed by atoms with Crippen molar-refractivity contribution in [2.75, 3.05) is 36.6 Å². The Morgan fingerprint density at radius 2 is 1.57 bits per heavy atom. The number of fused-ring (bicyclic) bond motifs is 1. The van der Waals surface area contributed by atoms with Crippen LogP contribution in [0.3, 0.4) is 0 Å². The molecule has 0 atom stereocenters. The molecular formula is C26H26N4O5. The molecule has 0 aliphatic carbocycles. The molecule has 0 bridgehead atoms. The molecule has 1 saturated heterocycles. The maximum atomic E-state index is 13.7.